The fraction of sp³-hybridized carbons (Fsp3) is 0.818. The number of hydrogen-bond acceptors (Lipinski definition) is 2. The smallest absolute Gasteiger partial charge is 0.0161 e. The molecule has 1 fully saturated rings. The molecule has 1 heterocycles. The monoisotopic (exact) mass is 182 g/mol. The van der Waals surface area contributed by atoms with Crippen molar-refractivity contribution in [2.75, 3.05) is 26.7 Å². The summed E-state index contributed by atoms with van der Waals surface area (Å²) in [7, 11) is 2.21. The van der Waals surface area contributed by atoms with E-state index in [4.69, 9.17) is 0 Å². The maximum Gasteiger partial charge on any atom is 0.0161 e. The standard InChI is InChI=1S/C11H22N2/c1-10(2)9-12-11-5-4-7-13(3)8-6-11/h11-12H,1,4-9H2,2-3H3. The van der Waals surface area contributed by atoms with Crippen LogP contribution in [0.4, 0.5) is 0 Å². The summed E-state index contributed by atoms with van der Waals surface area (Å²) in [4.78, 5) is 2.42. The van der Waals surface area contributed by atoms with Gasteiger partial charge in [-0.2, -0.15) is 0 Å². The molecule has 1 rings (SSSR count). The van der Waals surface area contributed by atoms with Crippen LogP contribution >= 0.6 is 0 Å². The van der Waals surface area contributed by atoms with Crippen LogP contribution in [0.5, 0.6) is 0 Å². The van der Waals surface area contributed by atoms with Gasteiger partial charge >= 0.3 is 0 Å². The highest BCUT2D eigenvalue weighted by Gasteiger charge is 2.13. The number of likely N-dealkylation sites (tertiary alicyclic amines) is 1. The van der Waals surface area contributed by atoms with Gasteiger partial charge in [-0.05, 0) is 46.3 Å². The molecule has 1 aliphatic rings. The summed E-state index contributed by atoms with van der Waals surface area (Å²) in [6.07, 6.45) is 3.92. The first-order valence-corrected chi connectivity index (χ1v) is 5.25. The van der Waals surface area contributed by atoms with Crippen LogP contribution in [0.25, 0.3) is 0 Å². The minimum absolute atomic E-state index is 0.710. The second kappa shape index (κ2) is 5.40. The predicted molar refractivity (Wildman–Crippen MR) is 58.0 cm³/mol. The molecule has 0 aromatic heterocycles. The SMILES string of the molecule is C=C(C)CNC1CCCN(C)CC1. The molecule has 1 saturated heterocycles. The summed E-state index contributed by atoms with van der Waals surface area (Å²) in [5, 5.41) is 3.56. The highest BCUT2D eigenvalue weighted by Crippen LogP contribution is 2.09. The van der Waals surface area contributed by atoms with E-state index >= 15 is 0 Å². The maximum absolute atomic E-state index is 3.90. The molecule has 0 saturated carbocycles. The van der Waals surface area contributed by atoms with Crippen molar-refractivity contribution in [3.05, 3.63) is 12.2 Å². The first kappa shape index (κ1) is 10.7. The van der Waals surface area contributed by atoms with Crippen molar-refractivity contribution >= 4 is 0 Å². The Morgan fingerprint density at radius 2 is 2.23 bits per heavy atom. The lowest BCUT2D eigenvalue weighted by molar-refractivity contribution is 0.344. The second-order valence-electron chi connectivity index (χ2n) is 4.27. The molecular formula is C11H22N2. The van der Waals surface area contributed by atoms with Crippen molar-refractivity contribution in [3.63, 3.8) is 0 Å². The maximum atomic E-state index is 3.90. The summed E-state index contributed by atoms with van der Waals surface area (Å²) in [6, 6.07) is 0.710. The van der Waals surface area contributed by atoms with E-state index in [1.165, 1.54) is 37.9 Å². The third-order valence-electron chi connectivity index (χ3n) is 2.64. The van der Waals surface area contributed by atoms with E-state index < -0.39 is 0 Å². The second-order valence-corrected chi connectivity index (χ2v) is 4.27. The van der Waals surface area contributed by atoms with Crippen molar-refractivity contribution in [2.45, 2.75) is 32.2 Å². The zero-order chi connectivity index (χ0) is 9.68. The lowest BCUT2D eigenvalue weighted by Crippen LogP contribution is -2.31. The molecule has 76 valence electrons. The van der Waals surface area contributed by atoms with Gasteiger partial charge in [0.15, 0.2) is 0 Å². The van der Waals surface area contributed by atoms with Crippen LogP contribution in [0.2, 0.25) is 0 Å². The molecule has 0 radical (unpaired) electrons. The summed E-state index contributed by atoms with van der Waals surface area (Å²) >= 11 is 0. The highest BCUT2D eigenvalue weighted by atomic mass is 15.1. The van der Waals surface area contributed by atoms with Crippen LogP contribution in [0.1, 0.15) is 26.2 Å². The van der Waals surface area contributed by atoms with E-state index in [1.54, 1.807) is 0 Å². The van der Waals surface area contributed by atoms with Crippen molar-refractivity contribution < 1.29 is 0 Å². The average molecular weight is 182 g/mol. The van der Waals surface area contributed by atoms with Gasteiger partial charge in [0, 0.05) is 12.6 Å². The van der Waals surface area contributed by atoms with Gasteiger partial charge in [-0.1, -0.05) is 12.2 Å². The molecule has 1 unspecified atom stereocenters. The van der Waals surface area contributed by atoms with Crippen LogP contribution < -0.4 is 5.32 Å². The van der Waals surface area contributed by atoms with Gasteiger partial charge in [0.1, 0.15) is 0 Å². The zero-order valence-corrected chi connectivity index (χ0v) is 8.97. The summed E-state index contributed by atoms with van der Waals surface area (Å²) < 4.78 is 0. The number of hydrogen-bond donors (Lipinski definition) is 1. The van der Waals surface area contributed by atoms with Crippen LogP contribution in [-0.4, -0.2) is 37.6 Å². The zero-order valence-electron chi connectivity index (χ0n) is 8.97. The Balaban J connectivity index is 2.22. The Hall–Kier alpha value is -0.340. The molecule has 0 aromatic carbocycles. The number of rotatable bonds is 3. The quantitative estimate of drug-likeness (QED) is 0.667. The van der Waals surface area contributed by atoms with Crippen molar-refractivity contribution in [1.82, 2.24) is 10.2 Å². The van der Waals surface area contributed by atoms with Crippen molar-refractivity contribution in [1.29, 1.82) is 0 Å². The molecule has 13 heavy (non-hydrogen) atoms. The molecule has 1 atom stereocenters. The molecular weight excluding hydrogens is 160 g/mol. The fourth-order valence-electron chi connectivity index (χ4n) is 1.76. The minimum Gasteiger partial charge on any atom is -0.310 e. The van der Waals surface area contributed by atoms with Gasteiger partial charge in [-0.3, -0.25) is 0 Å². The van der Waals surface area contributed by atoms with E-state index in [0.29, 0.717) is 6.04 Å². The number of nitrogens with one attached hydrogen (secondary N) is 1. The van der Waals surface area contributed by atoms with Crippen molar-refractivity contribution in [3.8, 4) is 0 Å². The average Bonchev–Trinajstić information content (AvgIpc) is 2.27. The molecule has 2 nitrogen and oxygen atoms in total. The van der Waals surface area contributed by atoms with Gasteiger partial charge in [0.2, 0.25) is 0 Å². The van der Waals surface area contributed by atoms with Gasteiger partial charge in [0.05, 0.1) is 0 Å². The lowest BCUT2D eigenvalue weighted by atomic mass is 10.1. The van der Waals surface area contributed by atoms with Crippen LogP contribution in [0.3, 0.4) is 0 Å². The first-order valence-electron chi connectivity index (χ1n) is 5.25. The van der Waals surface area contributed by atoms with Crippen LogP contribution in [0.15, 0.2) is 12.2 Å². The summed E-state index contributed by atoms with van der Waals surface area (Å²) in [5.74, 6) is 0. The largest absolute Gasteiger partial charge is 0.310 e. The Morgan fingerprint density at radius 1 is 1.46 bits per heavy atom. The van der Waals surface area contributed by atoms with Gasteiger partial charge in [-0.25, -0.2) is 0 Å². The highest BCUT2D eigenvalue weighted by molar-refractivity contribution is 4.92. The van der Waals surface area contributed by atoms with E-state index in [9.17, 15) is 0 Å². The molecule has 0 spiro atoms. The molecule has 1 aliphatic heterocycles. The molecule has 1 N–H and O–H groups in total. The third kappa shape index (κ3) is 4.44. The topological polar surface area (TPSA) is 15.3 Å². The van der Waals surface area contributed by atoms with E-state index in [1.807, 2.05) is 0 Å². The van der Waals surface area contributed by atoms with Gasteiger partial charge in [-0.15, -0.1) is 0 Å². The van der Waals surface area contributed by atoms with Crippen LogP contribution in [0, 0.1) is 0 Å². The summed E-state index contributed by atoms with van der Waals surface area (Å²) in [6.45, 7) is 9.45. The Kier molecular flexibility index (Phi) is 4.46. The fourth-order valence-corrected chi connectivity index (χ4v) is 1.76. The van der Waals surface area contributed by atoms with Gasteiger partial charge < -0.3 is 10.2 Å². The number of nitrogens with zero attached hydrogens (tertiary/aromatic N) is 1. The molecule has 0 amide bonds. The third-order valence-corrected chi connectivity index (χ3v) is 2.64. The van der Waals surface area contributed by atoms with E-state index in [0.717, 1.165) is 6.54 Å². The summed E-state index contributed by atoms with van der Waals surface area (Å²) in [5.41, 5.74) is 1.23. The van der Waals surface area contributed by atoms with E-state index in [-0.39, 0.29) is 0 Å². The van der Waals surface area contributed by atoms with E-state index in [2.05, 4.69) is 30.8 Å². The Morgan fingerprint density at radius 3 is 2.92 bits per heavy atom. The van der Waals surface area contributed by atoms with Crippen LogP contribution in [-0.2, 0) is 0 Å². The van der Waals surface area contributed by atoms with Crippen molar-refractivity contribution in [2.24, 2.45) is 0 Å². The molecule has 0 aromatic rings. The van der Waals surface area contributed by atoms with Gasteiger partial charge in [0.25, 0.3) is 0 Å². The molecule has 0 aliphatic carbocycles. The predicted octanol–water partition coefficient (Wildman–Crippen LogP) is 1.64. The lowest BCUT2D eigenvalue weighted by Gasteiger charge is -2.16. The normalized spacial score (nSPS) is 25.5. The molecule has 2 heteroatoms. The Bertz CT molecular complexity index is 165. The first-order chi connectivity index (χ1) is 6.18. The molecule has 0 bridgehead atoms. The Labute approximate surface area is 82.0 Å². The minimum atomic E-state index is 0.710.